The molecule has 0 saturated carbocycles. The second-order valence-corrected chi connectivity index (χ2v) is 7.26. The van der Waals surface area contributed by atoms with Gasteiger partial charge in [-0.15, -0.1) is 0 Å². The Balaban J connectivity index is 2.38. The van der Waals surface area contributed by atoms with Gasteiger partial charge in [-0.1, -0.05) is 44.0 Å². The molecule has 0 bridgehead atoms. The van der Waals surface area contributed by atoms with Crippen molar-refractivity contribution >= 4 is 11.6 Å². The minimum atomic E-state index is -4.64. The highest BCUT2D eigenvalue weighted by Crippen LogP contribution is 2.33. The fourth-order valence-electron chi connectivity index (χ4n) is 2.90. The third-order valence-electron chi connectivity index (χ3n) is 4.52. The Bertz CT molecular complexity index is 803. The zero-order valence-corrected chi connectivity index (χ0v) is 16.5. The average molecular weight is 415 g/mol. The summed E-state index contributed by atoms with van der Waals surface area (Å²) in [5.74, 6) is -0.848. The van der Waals surface area contributed by atoms with E-state index in [0.717, 1.165) is 30.5 Å². The van der Waals surface area contributed by atoms with Gasteiger partial charge >= 0.3 is 6.18 Å². The molecule has 152 valence electrons. The lowest BCUT2D eigenvalue weighted by Crippen LogP contribution is -2.29. The highest BCUT2D eigenvalue weighted by molar-refractivity contribution is 6.30. The van der Waals surface area contributed by atoms with E-state index in [1.54, 1.807) is 12.1 Å². The zero-order valence-electron chi connectivity index (χ0n) is 15.8. The molecule has 1 N–H and O–H groups in total. The lowest BCUT2D eigenvalue weighted by Gasteiger charge is -2.23. The molecule has 0 saturated heterocycles. The molecule has 1 heterocycles. The molecule has 1 aromatic carbocycles. The van der Waals surface area contributed by atoms with Gasteiger partial charge in [-0.05, 0) is 48.2 Å². The molecule has 28 heavy (non-hydrogen) atoms. The molecule has 0 aliphatic heterocycles. The van der Waals surface area contributed by atoms with Crippen LogP contribution in [0.15, 0.2) is 48.7 Å². The number of rotatable bonds is 8. The van der Waals surface area contributed by atoms with Crippen LogP contribution in [0.1, 0.15) is 49.6 Å². The van der Waals surface area contributed by atoms with Gasteiger partial charge in [0.15, 0.2) is 0 Å². The van der Waals surface area contributed by atoms with Gasteiger partial charge in [-0.2, -0.15) is 13.2 Å². The van der Waals surface area contributed by atoms with E-state index >= 15 is 0 Å². The van der Waals surface area contributed by atoms with Crippen molar-refractivity contribution in [3.05, 3.63) is 76.3 Å². The molecular weight excluding hydrogens is 392 g/mol. The van der Waals surface area contributed by atoms with Crippen molar-refractivity contribution in [1.82, 2.24) is 10.3 Å². The summed E-state index contributed by atoms with van der Waals surface area (Å²) in [6.07, 6.45) is -1.40. The number of aromatic nitrogens is 1. The molecule has 1 aromatic heterocycles. The molecule has 2 rings (SSSR count). The standard InChI is InChI=1S/C21H23ClF4N2/c1-4-5-13(2)14(3)11-28-20(19-7-6-17(22)12-27-19)15-8-16(21(24,25)26)10-18(23)9-15/h6-10,12,14,20,28H,2,4-5,11H2,1,3H3/t14?,20-/m0/s1. The quantitative estimate of drug-likeness (QED) is 0.390. The van der Waals surface area contributed by atoms with E-state index in [0.29, 0.717) is 23.3 Å². The van der Waals surface area contributed by atoms with E-state index < -0.39 is 23.6 Å². The first-order valence-electron chi connectivity index (χ1n) is 9.02. The molecule has 0 radical (unpaired) electrons. The van der Waals surface area contributed by atoms with Crippen molar-refractivity contribution in [3.8, 4) is 0 Å². The molecule has 2 atom stereocenters. The summed E-state index contributed by atoms with van der Waals surface area (Å²) in [5.41, 5.74) is 0.617. The molecule has 2 nitrogen and oxygen atoms in total. The summed E-state index contributed by atoms with van der Waals surface area (Å²) < 4.78 is 53.4. The van der Waals surface area contributed by atoms with Crippen LogP contribution < -0.4 is 5.32 Å². The number of nitrogens with one attached hydrogen (secondary N) is 1. The van der Waals surface area contributed by atoms with E-state index in [-0.39, 0.29) is 11.5 Å². The van der Waals surface area contributed by atoms with Gasteiger partial charge in [0, 0.05) is 12.7 Å². The highest BCUT2D eigenvalue weighted by Gasteiger charge is 2.32. The predicted octanol–water partition coefficient (Wildman–Crippen LogP) is 6.56. The Hall–Kier alpha value is -1.92. The summed E-state index contributed by atoms with van der Waals surface area (Å²) in [4.78, 5) is 4.22. The van der Waals surface area contributed by atoms with Crippen LogP contribution in [0, 0.1) is 11.7 Å². The van der Waals surface area contributed by atoms with Crippen molar-refractivity contribution in [2.45, 2.75) is 38.9 Å². The number of alkyl halides is 3. The molecule has 0 amide bonds. The molecule has 0 aliphatic rings. The Morgan fingerprint density at radius 1 is 1.25 bits per heavy atom. The molecule has 0 aliphatic carbocycles. The summed E-state index contributed by atoms with van der Waals surface area (Å²) in [6, 6.07) is 5.02. The number of hydrogen-bond acceptors (Lipinski definition) is 2. The average Bonchev–Trinajstić information content (AvgIpc) is 2.62. The maximum atomic E-state index is 13.9. The highest BCUT2D eigenvalue weighted by atomic mass is 35.5. The van der Waals surface area contributed by atoms with Crippen molar-refractivity contribution in [1.29, 1.82) is 0 Å². The van der Waals surface area contributed by atoms with Crippen molar-refractivity contribution in [3.63, 3.8) is 0 Å². The number of halogens is 5. The second-order valence-electron chi connectivity index (χ2n) is 6.82. The topological polar surface area (TPSA) is 24.9 Å². The predicted molar refractivity (Wildman–Crippen MR) is 104 cm³/mol. The summed E-state index contributed by atoms with van der Waals surface area (Å²) in [6.45, 7) is 8.56. The Morgan fingerprint density at radius 2 is 1.96 bits per heavy atom. The van der Waals surface area contributed by atoms with E-state index in [1.165, 1.54) is 6.20 Å². The molecule has 0 spiro atoms. The lowest BCUT2D eigenvalue weighted by atomic mass is 9.96. The molecule has 1 unspecified atom stereocenters. The number of benzene rings is 1. The first-order chi connectivity index (χ1) is 13.1. The van der Waals surface area contributed by atoms with Gasteiger partial charge < -0.3 is 5.32 Å². The van der Waals surface area contributed by atoms with Crippen LogP contribution in [-0.2, 0) is 6.18 Å². The fraction of sp³-hybridized carbons (Fsp3) is 0.381. The van der Waals surface area contributed by atoms with Gasteiger partial charge in [0.05, 0.1) is 22.3 Å². The molecule has 2 aromatic rings. The van der Waals surface area contributed by atoms with Gasteiger partial charge in [0.1, 0.15) is 5.82 Å². The minimum absolute atomic E-state index is 0.102. The van der Waals surface area contributed by atoms with Crippen molar-refractivity contribution in [2.75, 3.05) is 6.54 Å². The lowest BCUT2D eigenvalue weighted by molar-refractivity contribution is -0.137. The monoisotopic (exact) mass is 414 g/mol. The zero-order chi connectivity index (χ0) is 20.9. The number of pyridine rings is 1. The van der Waals surface area contributed by atoms with E-state index in [4.69, 9.17) is 11.6 Å². The molecule has 0 fully saturated rings. The smallest absolute Gasteiger partial charge is 0.304 e. The third kappa shape index (κ3) is 6.04. The van der Waals surface area contributed by atoms with Crippen LogP contribution in [0.25, 0.3) is 0 Å². The van der Waals surface area contributed by atoms with Gasteiger partial charge in [-0.25, -0.2) is 4.39 Å². The van der Waals surface area contributed by atoms with Crippen LogP contribution in [0.2, 0.25) is 5.02 Å². The second kappa shape index (κ2) is 9.52. The van der Waals surface area contributed by atoms with E-state index in [2.05, 4.69) is 23.8 Å². The summed E-state index contributed by atoms with van der Waals surface area (Å²) >= 11 is 5.87. The first kappa shape index (κ1) is 22.4. The van der Waals surface area contributed by atoms with Gasteiger partial charge in [-0.3, -0.25) is 4.98 Å². The number of nitrogens with zero attached hydrogens (tertiary/aromatic N) is 1. The normalized spacial score (nSPS) is 14.0. The Labute approximate surface area is 167 Å². The molecule has 7 heteroatoms. The van der Waals surface area contributed by atoms with E-state index in [1.807, 2.05) is 6.92 Å². The largest absolute Gasteiger partial charge is 0.416 e. The van der Waals surface area contributed by atoms with Gasteiger partial charge in [0.2, 0.25) is 0 Å². The van der Waals surface area contributed by atoms with Crippen LogP contribution in [0.4, 0.5) is 17.6 Å². The van der Waals surface area contributed by atoms with Crippen LogP contribution >= 0.6 is 11.6 Å². The molecular formula is C21H23ClF4N2. The van der Waals surface area contributed by atoms with Crippen LogP contribution in [0.3, 0.4) is 0 Å². The summed E-state index contributed by atoms with van der Waals surface area (Å²) in [5, 5.41) is 3.62. The summed E-state index contributed by atoms with van der Waals surface area (Å²) in [7, 11) is 0. The third-order valence-corrected chi connectivity index (χ3v) is 4.75. The van der Waals surface area contributed by atoms with Gasteiger partial charge in [0.25, 0.3) is 0 Å². The Kier molecular flexibility index (Phi) is 7.61. The van der Waals surface area contributed by atoms with Crippen LogP contribution in [0.5, 0.6) is 0 Å². The number of hydrogen-bond donors (Lipinski definition) is 1. The Morgan fingerprint density at radius 3 is 2.54 bits per heavy atom. The maximum Gasteiger partial charge on any atom is 0.416 e. The van der Waals surface area contributed by atoms with Crippen LogP contribution in [-0.4, -0.2) is 11.5 Å². The van der Waals surface area contributed by atoms with Crippen molar-refractivity contribution < 1.29 is 17.6 Å². The van der Waals surface area contributed by atoms with E-state index in [9.17, 15) is 17.6 Å². The minimum Gasteiger partial charge on any atom is -0.304 e. The SMILES string of the molecule is C=C(CCC)C(C)CN[C@@H](c1cc(F)cc(C(F)(F)F)c1)c1ccc(Cl)cn1. The fourth-order valence-corrected chi connectivity index (χ4v) is 3.01. The first-order valence-corrected chi connectivity index (χ1v) is 9.39. The van der Waals surface area contributed by atoms with Crippen molar-refractivity contribution in [2.24, 2.45) is 5.92 Å². The maximum absolute atomic E-state index is 13.9.